The van der Waals surface area contributed by atoms with Crippen molar-refractivity contribution in [3.63, 3.8) is 0 Å². The minimum Gasteiger partial charge on any atom is -0.508 e. The van der Waals surface area contributed by atoms with Gasteiger partial charge in [-0.05, 0) is 36.5 Å². The van der Waals surface area contributed by atoms with Crippen LogP contribution in [-0.4, -0.2) is 75.3 Å². The highest BCUT2D eigenvalue weighted by Gasteiger charge is 2.38. The number of nitrogens with zero attached hydrogens (tertiary/aromatic N) is 1. The van der Waals surface area contributed by atoms with E-state index in [1.807, 2.05) is 13.8 Å². The maximum atomic E-state index is 13.1. The van der Waals surface area contributed by atoms with Crippen LogP contribution in [0.15, 0.2) is 24.3 Å². The Morgan fingerprint density at radius 1 is 1.15 bits per heavy atom. The molecule has 0 saturated carbocycles. The number of rotatable bonds is 10. The van der Waals surface area contributed by atoms with E-state index in [1.54, 1.807) is 12.1 Å². The fraction of sp³-hybridized carbons (Fsp3) is 0.545. The lowest BCUT2D eigenvalue weighted by Crippen LogP contribution is -2.57. The number of carboxylic acid groups (broad SMARTS) is 1. The molecule has 1 aromatic rings. The number of nitrogens with two attached hydrogens (primary N) is 1. The van der Waals surface area contributed by atoms with Gasteiger partial charge in [0.1, 0.15) is 23.9 Å². The number of amides is 3. The lowest BCUT2D eigenvalue weighted by Gasteiger charge is -2.29. The Morgan fingerprint density at radius 3 is 2.33 bits per heavy atom. The van der Waals surface area contributed by atoms with Crippen LogP contribution in [-0.2, 0) is 25.6 Å². The highest BCUT2D eigenvalue weighted by molar-refractivity contribution is 7.80. The average Bonchev–Trinajstić information content (AvgIpc) is 3.27. The second kappa shape index (κ2) is 11.9. The van der Waals surface area contributed by atoms with Crippen LogP contribution in [0, 0.1) is 5.92 Å². The van der Waals surface area contributed by atoms with Gasteiger partial charge in [-0.2, -0.15) is 12.6 Å². The molecule has 1 aromatic carbocycles. The van der Waals surface area contributed by atoms with Gasteiger partial charge in [0.05, 0.1) is 6.04 Å². The molecule has 1 heterocycles. The lowest BCUT2D eigenvalue weighted by atomic mass is 10.0. The molecule has 0 bridgehead atoms. The smallest absolute Gasteiger partial charge is 0.327 e. The maximum absolute atomic E-state index is 13.1. The van der Waals surface area contributed by atoms with Crippen LogP contribution in [0.1, 0.15) is 32.3 Å². The number of nitrogens with one attached hydrogen (secondary N) is 2. The topological polar surface area (TPSA) is 162 Å². The van der Waals surface area contributed by atoms with Crippen molar-refractivity contribution in [1.82, 2.24) is 15.5 Å². The summed E-state index contributed by atoms with van der Waals surface area (Å²) >= 11 is 3.95. The number of aromatic hydroxyl groups is 1. The van der Waals surface area contributed by atoms with Crippen LogP contribution in [0.2, 0.25) is 0 Å². The predicted molar refractivity (Wildman–Crippen MR) is 125 cm³/mol. The fourth-order valence-electron chi connectivity index (χ4n) is 3.58. The molecule has 1 aliphatic heterocycles. The quantitative estimate of drug-likeness (QED) is 0.255. The van der Waals surface area contributed by atoms with E-state index < -0.39 is 42.0 Å². The molecule has 11 heteroatoms. The summed E-state index contributed by atoms with van der Waals surface area (Å²) in [5.74, 6) is -2.93. The monoisotopic (exact) mass is 480 g/mol. The number of thiol groups is 1. The van der Waals surface area contributed by atoms with Gasteiger partial charge in [-0.25, -0.2) is 4.79 Å². The first-order valence-corrected chi connectivity index (χ1v) is 11.5. The zero-order valence-electron chi connectivity index (χ0n) is 18.7. The third kappa shape index (κ3) is 7.10. The Labute approximate surface area is 198 Å². The average molecular weight is 481 g/mol. The van der Waals surface area contributed by atoms with Crippen LogP contribution in [0.25, 0.3) is 0 Å². The van der Waals surface area contributed by atoms with Crippen LogP contribution < -0.4 is 16.4 Å². The van der Waals surface area contributed by atoms with Crippen molar-refractivity contribution in [2.75, 3.05) is 12.3 Å². The Morgan fingerprint density at radius 2 is 1.79 bits per heavy atom. The fourth-order valence-corrected chi connectivity index (χ4v) is 3.83. The molecule has 0 aliphatic carbocycles. The summed E-state index contributed by atoms with van der Waals surface area (Å²) in [5, 5.41) is 23.8. The second-order valence-corrected chi connectivity index (χ2v) is 8.84. The van der Waals surface area contributed by atoms with E-state index in [1.165, 1.54) is 17.0 Å². The van der Waals surface area contributed by atoms with Crippen molar-refractivity contribution in [3.05, 3.63) is 29.8 Å². The Balaban J connectivity index is 2.20. The molecule has 0 aromatic heterocycles. The van der Waals surface area contributed by atoms with Gasteiger partial charge >= 0.3 is 5.97 Å². The van der Waals surface area contributed by atoms with Crippen molar-refractivity contribution in [1.29, 1.82) is 0 Å². The Kier molecular flexibility index (Phi) is 9.54. The molecule has 10 nitrogen and oxygen atoms in total. The zero-order chi connectivity index (χ0) is 24.7. The highest BCUT2D eigenvalue weighted by atomic mass is 32.1. The molecule has 1 saturated heterocycles. The van der Waals surface area contributed by atoms with Crippen molar-refractivity contribution in [3.8, 4) is 5.75 Å². The summed E-state index contributed by atoms with van der Waals surface area (Å²) in [4.78, 5) is 51.5. The molecule has 33 heavy (non-hydrogen) atoms. The summed E-state index contributed by atoms with van der Waals surface area (Å²) in [5.41, 5.74) is 6.64. The molecule has 1 aliphatic rings. The Hall–Kier alpha value is -2.79. The molecular formula is C22H32N4O6S. The van der Waals surface area contributed by atoms with Gasteiger partial charge in [0.15, 0.2) is 0 Å². The number of carboxylic acids is 1. The van der Waals surface area contributed by atoms with Gasteiger partial charge in [-0.15, -0.1) is 0 Å². The molecule has 4 unspecified atom stereocenters. The lowest BCUT2D eigenvalue weighted by molar-refractivity contribution is -0.142. The first kappa shape index (κ1) is 26.5. The van der Waals surface area contributed by atoms with Gasteiger partial charge in [0.25, 0.3) is 0 Å². The number of phenolic OH excluding ortho intramolecular Hbond substituents is 1. The number of phenols is 1. The van der Waals surface area contributed by atoms with E-state index in [0.29, 0.717) is 24.9 Å². The number of benzene rings is 1. The summed E-state index contributed by atoms with van der Waals surface area (Å²) in [6.45, 7) is 4.05. The standard InChI is InChI=1S/C22H32N4O6S/c1-12(2)18(23)21(30)26-9-3-4-17(26)20(29)24-15(10-13-5-7-14(27)8-6-13)19(28)25-16(11-33)22(31)32/h5-8,12,15-18,27,33H,3-4,9-11,23H2,1-2H3,(H,24,29)(H,25,28)(H,31,32). The highest BCUT2D eigenvalue weighted by Crippen LogP contribution is 2.20. The van der Waals surface area contributed by atoms with Gasteiger partial charge in [-0.1, -0.05) is 26.0 Å². The number of likely N-dealkylation sites (tertiary alicyclic amines) is 1. The van der Waals surface area contributed by atoms with E-state index in [2.05, 4.69) is 23.3 Å². The van der Waals surface area contributed by atoms with E-state index >= 15 is 0 Å². The first-order valence-electron chi connectivity index (χ1n) is 10.8. The minimum atomic E-state index is -1.25. The molecule has 182 valence electrons. The van der Waals surface area contributed by atoms with E-state index in [-0.39, 0.29) is 29.7 Å². The third-order valence-electron chi connectivity index (χ3n) is 5.65. The predicted octanol–water partition coefficient (Wildman–Crippen LogP) is -0.107. The molecule has 2 rings (SSSR count). The largest absolute Gasteiger partial charge is 0.508 e. The summed E-state index contributed by atoms with van der Waals surface area (Å²) in [6.07, 6.45) is 1.12. The van der Waals surface area contributed by atoms with E-state index in [4.69, 9.17) is 5.73 Å². The van der Waals surface area contributed by atoms with Gasteiger partial charge in [-0.3, -0.25) is 14.4 Å². The second-order valence-electron chi connectivity index (χ2n) is 8.47. The van der Waals surface area contributed by atoms with Gasteiger partial charge in [0, 0.05) is 18.7 Å². The SMILES string of the molecule is CC(C)C(N)C(=O)N1CCCC1C(=O)NC(Cc1ccc(O)cc1)C(=O)NC(CS)C(=O)O. The number of carbonyl (C=O) groups excluding carboxylic acids is 3. The molecule has 6 N–H and O–H groups in total. The number of carbonyl (C=O) groups is 4. The zero-order valence-corrected chi connectivity index (χ0v) is 19.6. The maximum Gasteiger partial charge on any atom is 0.327 e. The van der Waals surface area contributed by atoms with Gasteiger partial charge < -0.3 is 31.5 Å². The summed E-state index contributed by atoms with van der Waals surface area (Å²) in [7, 11) is 0. The van der Waals surface area contributed by atoms with E-state index in [9.17, 15) is 29.4 Å². The van der Waals surface area contributed by atoms with Crippen molar-refractivity contribution in [2.45, 2.75) is 57.3 Å². The van der Waals surface area contributed by atoms with Crippen molar-refractivity contribution < 1.29 is 29.4 Å². The van der Waals surface area contributed by atoms with Crippen LogP contribution >= 0.6 is 12.6 Å². The van der Waals surface area contributed by atoms with Gasteiger partial charge in [0.2, 0.25) is 17.7 Å². The Bertz CT molecular complexity index is 863. The van der Waals surface area contributed by atoms with E-state index in [0.717, 1.165) is 0 Å². The summed E-state index contributed by atoms with van der Waals surface area (Å²) in [6, 6.07) is 2.27. The minimum absolute atomic E-state index is 0.0476. The molecule has 1 fully saturated rings. The molecule has 0 radical (unpaired) electrons. The molecule has 4 atom stereocenters. The number of hydrogen-bond donors (Lipinski definition) is 6. The number of hydrogen-bond acceptors (Lipinski definition) is 7. The number of aliphatic carboxylic acids is 1. The molecule has 0 spiro atoms. The van der Waals surface area contributed by atoms with Crippen LogP contribution in [0.3, 0.4) is 0 Å². The van der Waals surface area contributed by atoms with Crippen LogP contribution in [0.5, 0.6) is 5.75 Å². The van der Waals surface area contributed by atoms with Crippen molar-refractivity contribution >= 4 is 36.3 Å². The summed E-state index contributed by atoms with van der Waals surface area (Å²) < 4.78 is 0. The molecule has 3 amide bonds. The van der Waals surface area contributed by atoms with Crippen LogP contribution in [0.4, 0.5) is 0 Å². The normalized spacial score (nSPS) is 18.5. The van der Waals surface area contributed by atoms with Crippen molar-refractivity contribution in [2.24, 2.45) is 11.7 Å². The first-order chi connectivity index (χ1) is 15.5. The third-order valence-corrected chi connectivity index (χ3v) is 6.01. The molecular weight excluding hydrogens is 448 g/mol.